The molecule has 1 aromatic heterocycles. The van der Waals surface area contributed by atoms with Crippen molar-refractivity contribution < 1.29 is 18.3 Å². The van der Waals surface area contributed by atoms with Gasteiger partial charge in [-0.05, 0) is 24.3 Å². The molecule has 140 valence electrons. The Bertz CT molecular complexity index is 943. The van der Waals surface area contributed by atoms with Gasteiger partial charge < -0.3 is 10.1 Å². The molecular weight excluding hydrogens is 399 g/mol. The molecule has 0 fully saturated rings. The number of nitrogens with one attached hydrogen (secondary N) is 1. The highest BCUT2D eigenvalue weighted by Gasteiger charge is 2.17. The van der Waals surface area contributed by atoms with E-state index in [1.807, 2.05) is 0 Å². The number of ether oxygens (including phenoxy) is 1. The first kappa shape index (κ1) is 19.1. The summed E-state index contributed by atoms with van der Waals surface area (Å²) in [6, 6.07) is 12.4. The fourth-order valence-electron chi connectivity index (χ4n) is 2.43. The van der Waals surface area contributed by atoms with E-state index in [4.69, 9.17) is 23.2 Å². The number of hydrogen-bond donors (Lipinski definition) is 1. The Kier molecular flexibility index (Phi) is 5.93. The molecule has 0 spiro atoms. The number of benzene rings is 2. The fourth-order valence-corrected chi connectivity index (χ4v) is 2.95. The Morgan fingerprint density at radius 2 is 1.81 bits per heavy atom. The van der Waals surface area contributed by atoms with Gasteiger partial charge in [0.1, 0.15) is 11.6 Å². The van der Waals surface area contributed by atoms with Gasteiger partial charge in [0, 0.05) is 21.7 Å². The second kappa shape index (κ2) is 8.37. The lowest BCUT2D eigenvalue weighted by atomic mass is 10.2. The van der Waals surface area contributed by atoms with Gasteiger partial charge in [0.25, 0.3) is 5.91 Å². The molecule has 3 rings (SSSR count). The Labute approximate surface area is 163 Å². The topological polar surface area (TPSA) is 56.2 Å². The Hall–Kier alpha value is -2.64. The van der Waals surface area contributed by atoms with Crippen LogP contribution in [0.5, 0.6) is 5.75 Å². The Balaban J connectivity index is 1.82. The monoisotopic (exact) mass is 411 g/mol. The van der Waals surface area contributed by atoms with Crippen molar-refractivity contribution in [2.45, 2.75) is 13.2 Å². The third-order valence-electron chi connectivity index (χ3n) is 3.68. The lowest BCUT2D eigenvalue weighted by molar-refractivity contribution is -0.0501. The van der Waals surface area contributed by atoms with Gasteiger partial charge in [0.05, 0.1) is 18.3 Å². The van der Waals surface area contributed by atoms with Gasteiger partial charge in [-0.2, -0.15) is 13.9 Å². The minimum absolute atomic E-state index is 0.0266. The van der Waals surface area contributed by atoms with Crippen molar-refractivity contribution in [1.82, 2.24) is 9.78 Å². The largest absolute Gasteiger partial charge is 0.434 e. The maximum Gasteiger partial charge on any atom is 0.387 e. The standard InChI is InChI=1S/C18H13Cl2F2N3O2/c19-13-5-3-6-14(20)12(13)10-25-16(8-9-23-25)24-17(26)11-4-1-2-7-15(11)27-18(21)22/h1-9,18H,10H2,(H,24,26). The highest BCUT2D eigenvalue weighted by Crippen LogP contribution is 2.26. The molecule has 0 aliphatic rings. The molecule has 3 aromatic rings. The predicted molar refractivity (Wildman–Crippen MR) is 98.8 cm³/mol. The molecule has 0 radical (unpaired) electrons. The van der Waals surface area contributed by atoms with Crippen LogP contribution >= 0.6 is 23.2 Å². The van der Waals surface area contributed by atoms with Crippen LogP contribution < -0.4 is 10.1 Å². The molecule has 27 heavy (non-hydrogen) atoms. The normalized spacial score (nSPS) is 10.9. The van der Waals surface area contributed by atoms with Crippen molar-refractivity contribution >= 4 is 34.9 Å². The summed E-state index contributed by atoms with van der Waals surface area (Å²) < 4.78 is 30.9. The molecule has 0 atom stereocenters. The maximum absolute atomic E-state index is 12.5. The third kappa shape index (κ3) is 4.56. The van der Waals surface area contributed by atoms with Crippen LogP contribution in [0.3, 0.4) is 0 Å². The summed E-state index contributed by atoms with van der Waals surface area (Å²) in [7, 11) is 0. The Morgan fingerprint density at radius 1 is 1.11 bits per heavy atom. The molecule has 1 heterocycles. The van der Waals surface area contributed by atoms with Gasteiger partial charge in [0.15, 0.2) is 0 Å². The smallest absolute Gasteiger partial charge is 0.387 e. The predicted octanol–water partition coefficient (Wildman–Crippen LogP) is 5.09. The number of halogens is 4. The lowest BCUT2D eigenvalue weighted by Gasteiger charge is -2.13. The van der Waals surface area contributed by atoms with Crippen molar-refractivity contribution in [3.63, 3.8) is 0 Å². The average Bonchev–Trinajstić information content (AvgIpc) is 3.05. The molecule has 2 aromatic carbocycles. The zero-order valence-electron chi connectivity index (χ0n) is 13.7. The summed E-state index contributed by atoms with van der Waals surface area (Å²) in [6.45, 7) is -2.82. The van der Waals surface area contributed by atoms with Gasteiger partial charge in [-0.1, -0.05) is 41.4 Å². The SMILES string of the molecule is O=C(Nc1ccnn1Cc1c(Cl)cccc1Cl)c1ccccc1OC(F)F. The number of anilines is 1. The summed E-state index contributed by atoms with van der Waals surface area (Å²) in [5.74, 6) is -0.480. The molecule has 1 N–H and O–H groups in total. The number of hydrogen-bond acceptors (Lipinski definition) is 3. The van der Waals surface area contributed by atoms with Crippen LogP contribution in [0.4, 0.5) is 14.6 Å². The van der Waals surface area contributed by atoms with Gasteiger partial charge in [-0.15, -0.1) is 0 Å². The average molecular weight is 412 g/mol. The van der Waals surface area contributed by atoms with Crippen molar-refractivity contribution in [2.24, 2.45) is 0 Å². The van der Waals surface area contributed by atoms with Crippen molar-refractivity contribution in [2.75, 3.05) is 5.32 Å². The molecule has 0 saturated heterocycles. The van der Waals surface area contributed by atoms with Crippen LogP contribution in [0, 0.1) is 0 Å². The second-order valence-corrected chi connectivity index (χ2v) is 6.22. The van der Waals surface area contributed by atoms with Crippen LogP contribution in [0.15, 0.2) is 54.7 Å². The quantitative estimate of drug-likeness (QED) is 0.614. The van der Waals surface area contributed by atoms with E-state index in [2.05, 4.69) is 15.2 Å². The summed E-state index contributed by atoms with van der Waals surface area (Å²) >= 11 is 12.3. The number of carbonyl (C=O) groups is 1. The second-order valence-electron chi connectivity index (χ2n) is 5.40. The van der Waals surface area contributed by atoms with E-state index >= 15 is 0 Å². The van der Waals surface area contributed by atoms with E-state index in [1.165, 1.54) is 29.1 Å². The molecule has 0 aliphatic heterocycles. The lowest BCUT2D eigenvalue weighted by Crippen LogP contribution is -2.18. The molecule has 0 unspecified atom stereocenters. The number of alkyl halides is 2. The number of carbonyl (C=O) groups excluding carboxylic acids is 1. The number of para-hydroxylation sites is 1. The van der Waals surface area contributed by atoms with Gasteiger partial charge in [0.2, 0.25) is 0 Å². The number of rotatable bonds is 6. The first-order valence-electron chi connectivity index (χ1n) is 7.75. The van der Waals surface area contributed by atoms with Crippen LogP contribution in [0.1, 0.15) is 15.9 Å². The first-order valence-corrected chi connectivity index (χ1v) is 8.51. The Morgan fingerprint density at radius 3 is 2.52 bits per heavy atom. The minimum atomic E-state index is -3.04. The highest BCUT2D eigenvalue weighted by atomic mass is 35.5. The molecular formula is C18H13Cl2F2N3O2. The number of amides is 1. The van der Waals surface area contributed by atoms with Crippen LogP contribution in [0.2, 0.25) is 10.0 Å². The van der Waals surface area contributed by atoms with Crippen molar-refractivity contribution in [1.29, 1.82) is 0 Å². The van der Waals surface area contributed by atoms with Gasteiger partial charge in [-0.25, -0.2) is 4.68 Å². The summed E-state index contributed by atoms with van der Waals surface area (Å²) in [5, 5.41) is 7.70. The third-order valence-corrected chi connectivity index (χ3v) is 4.38. The van der Waals surface area contributed by atoms with Crippen molar-refractivity contribution in [3.05, 3.63) is 75.9 Å². The summed E-state index contributed by atoms with van der Waals surface area (Å²) in [6.07, 6.45) is 1.49. The maximum atomic E-state index is 12.5. The zero-order valence-corrected chi connectivity index (χ0v) is 15.2. The summed E-state index contributed by atoms with van der Waals surface area (Å²) in [5.41, 5.74) is 0.614. The van der Waals surface area contributed by atoms with E-state index in [-0.39, 0.29) is 17.9 Å². The molecule has 1 amide bonds. The number of nitrogens with zero attached hydrogens (tertiary/aromatic N) is 2. The minimum Gasteiger partial charge on any atom is -0.434 e. The van der Waals surface area contributed by atoms with Crippen LogP contribution in [0.25, 0.3) is 0 Å². The number of aromatic nitrogens is 2. The highest BCUT2D eigenvalue weighted by molar-refractivity contribution is 6.36. The van der Waals surface area contributed by atoms with E-state index in [9.17, 15) is 13.6 Å². The molecule has 0 aliphatic carbocycles. The zero-order chi connectivity index (χ0) is 19.4. The molecule has 0 saturated carbocycles. The first-order chi connectivity index (χ1) is 13.0. The molecule has 5 nitrogen and oxygen atoms in total. The van der Waals surface area contributed by atoms with Gasteiger partial charge >= 0.3 is 6.61 Å². The summed E-state index contributed by atoms with van der Waals surface area (Å²) in [4.78, 5) is 12.5. The molecule has 9 heteroatoms. The van der Waals surface area contributed by atoms with E-state index < -0.39 is 12.5 Å². The fraction of sp³-hybridized carbons (Fsp3) is 0.111. The molecule has 0 bridgehead atoms. The van der Waals surface area contributed by atoms with Crippen molar-refractivity contribution in [3.8, 4) is 5.75 Å². The van der Waals surface area contributed by atoms with Crippen LogP contribution in [-0.4, -0.2) is 22.3 Å². The van der Waals surface area contributed by atoms with Crippen LogP contribution in [-0.2, 0) is 6.54 Å². The van der Waals surface area contributed by atoms with E-state index in [0.717, 1.165) is 0 Å². The van der Waals surface area contributed by atoms with E-state index in [0.29, 0.717) is 21.4 Å². The van der Waals surface area contributed by atoms with E-state index in [1.54, 1.807) is 30.3 Å². The van der Waals surface area contributed by atoms with Gasteiger partial charge in [-0.3, -0.25) is 4.79 Å².